The summed E-state index contributed by atoms with van der Waals surface area (Å²) in [5.74, 6) is -0.711. The van der Waals surface area contributed by atoms with Crippen LogP contribution >= 0.6 is 0 Å². The first-order valence-electron chi connectivity index (χ1n) is 4.10. The van der Waals surface area contributed by atoms with Crippen molar-refractivity contribution in [2.45, 2.75) is 19.8 Å². The van der Waals surface area contributed by atoms with Crippen LogP contribution in [0.25, 0.3) is 0 Å². The predicted molar refractivity (Wildman–Crippen MR) is 52.2 cm³/mol. The fraction of sp³-hybridized carbons (Fsp3) is 0.300. The van der Waals surface area contributed by atoms with E-state index in [-0.39, 0.29) is 29.6 Å². The smallest absolute Gasteiger partial charge is 0.481 e. The van der Waals surface area contributed by atoms with Crippen LogP contribution in [-0.4, -0.2) is 11.1 Å². The number of nitrogens with two attached hydrogens (primary N) is 1. The first-order valence-corrected chi connectivity index (χ1v) is 4.10. The Morgan fingerprint density at radius 1 is 1.50 bits per heavy atom. The number of aliphatic carboxylic acids is 1. The molecule has 72 valence electrons. The van der Waals surface area contributed by atoms with Crippen LogP contribution in [0.5, 0.6) is 0 Å². The molecule has 0 heterocycles. The molecule has 0 saturated carbocycles. The fourth-order valence-electron chi connectivity index (χ4n) is 0.614. The number of anilines is 1. The van der Waals surface area contributed by atoms with Gasteiger partial charge in [-0.25, -0.2) is 0 Å². The summed E-state index contributed by atoms with van der Waals surface area (Å²) < 4.78 is 0. The molecular weight excluding hydrogens is 189 g/mol. The number of carboxylic acid groups (broad SMARTS) is 1. The Bertz CT molecular complexity index is 239. The van der Waals surface area contributed by atoms with E-state index in [0.29, 0.717) is 6.42 Å². The zero-order valence-corrected chi connectivity index (χ0v) is 10.7. The number of hydrogen-bond donors (Lipinski definition) is 2. The zero-order valence-electron chi connectivity index (χ0n) is 8.66. The SMILES string of the molecule is CCCC(=O)O.Nc1cc[c-]cc1.[Na+]. The van der Waals surface area contributed by atoms with Crippen LogP contribution in [-0.2, 0) is 4.79 Å². The van der Waals surface area contributed by atoms with E-state index in [1.54, 1.807) is 24.3 Å². The van der Waals surface area contributed by atoms with Crippen LogP contribution in [0.15, 0.2) is 24.3 Å². The average Bonchev–Trinajstić information content (AvgIpc) is 2.06. The minimum absolute atomic E-state index is 0. The molecule has 3 nitrogen and oxygen atoms in total. The monoisotopic (exact) mass is 203 g/mol. The third-order valence-electron chi connectivity index (χ3n) is 1.21. The molecule has 0 amide bonds. The van der Waals surface area contributed by atoms with Gasteiger partial charge in [0.1, 0.15) is 0 Å². The van der Waals surface area contributed by atoms with Gasteiger partial charge in [-0.2, -0.15) is 18.2 Å². The van der Waals surface area contributed by atoms with Gasteiger partial charge in [0, 0.05) is 6.42 Å². The molecule has 1 aromatic rings. The summed E-state index contributed by atoms with van der Waals surface area (Å²) in [7, 11) is 0. The predicted octanol–water partition coefficient (Wildman–Crippen LogP) is -1.06. The van der Waals surface area contributed by atoms with Crippen LogP contribution < -0.4 is 35.3 Å². The molecule has 0 spiro atoms. The van der Waals surface area contributed by atoms with Gasteiger partial charge in [-0.05, 0) is 6.42 Å². The molecule has 3 N–H and O–H groups in total. The van der Waals surface area contributed by atoms with Gasteiger partial charge < -0.3 is 10.8 Å². The molecule has 0 aliphatic heterocycles. The molecule has 1 rings (SSSR count). The van der Waals surface area contributed by atoms with E-state index < -0.39 is 5.97 Å². The van der Waals surface area contributed by atoms with Crippen molar-refractivity contribution >= 4 is 11.7 Å². The number of nitrogen functional groups attached to an aromatic ring is 1. The fourth-order valence-corrected chi connectivity index (χ4v) is 0.614. The van der Waals surface area contributed by atoms with Crippen molar-refractivity contribution in [1.29, 1.82) is 0 Å². The van der Waals surface area contributed by atoms with Crippen molar-refractivity contribution < 1.29 is 39.5 Å². The van der Waals surface area contributed by atoms with Gasteiger partial charge in [-0.1, -0.05) is 12.6 Å². The van der Waals surface area contributed by atoms with Gasteiger partial charge in [-0.3, -0.25) is 4.79 Å². The van der Waals surface area contributed by atoms with E-state index in [1.165, 1.54) is 0 Å². The standard InChI is InChI=1S/C6H6N.C4H8O2.Na/c7-6-4-2-1-3-5-6;1-2-3-4(5)6;/h2-5H,7H2;2-3H2,1H3,(H,5,6);/q-1;;+1. The molecule has 0 aliphatic rings. The zero-order chi connectivity index (χ0) is 10.1. The van der Waals surface area contributed by atoms with E-state index >= 15 is 0 Å². The summed E-state index contributed by atoms with van der Waals surface area (Å²) in [5, 5.41) is 7.91. The summed E-state index contributed by atoms with van der Waals surface area (Å²) in [6.45, 7) is 1.84. The molecule has 0 fully saturated rings. The van der Waals surface area contributed by atoms with Crippen LogP contribution in [0.4, 0.5) is 5.69 Å². The molecule has 0 unspecified atom stereocenters. The van der Waals surface area contributed by atoms with Crippen LogP contribution in [0.2, 0.25) is 0 Å². The molecule has 0 radical (unpaired) electrons. The minimum atomic E-state index is -0.711. The molecule has 0 bridgehead atoms. The van der Waals surface area contributed by atoms with E-state index in [1.807, 2.05) is 6.92 Å². The molecule has 0 aliphatic carbocycles. The summed E-state index contributed by atoms with van der Waals surface area (Å²) in [6.07, 6.45) is 1.02. The largest absolute Gasteiger partial charge is 1.00 e. The van der Waals surface area contributed by atoms with E-state index in [0.717, 1.165) is 12.1 Å². The van der Waals surface area contributed by atoms with E-state index in [2.05, 4.69) is 6.07 Å². The Hall–Kier alpha value is -0.510. The van der Waals surface area contributed by atoms with Crippen molar-refractivity contribution in [3.8, 4) is 0 Å². The van der Waals surface area contributed by atoms with Crippen LogP contribution in [0, 0.1) is 6.07 Å². The molecule has 0 aromatic heterocycles. The maximum absolute atomic E-state index is 9.60. The van der Waals surface area contributed by atoms with Gasteiger partial charge >= 0.3 is 35.5 Å². The Labute approximate surface area is 107 Å². The number of hydrogen-bond acceptors (Lipinski definition) is 2. The third-order valence-corrected chi connectivity index (χ3v) is 1.21. The molecule has 0 saturated heterocycles. The number of benzene rings is 1. The number of carboxylic acids is 1. The second-order valence-electron chi connectivity index (χ2n) is 2.48. The minimum Gasteiger partial charge on any atom is -0.481 e. The second kappa shape index (κ2) is 10.6. The van der Waals surface area contributed by atoms with Gasteiger partial charge in [0.25, 0.3) is 0 Å². The van der Waals surface area contributed by atoms with Crippen LogP contribution in [0.1, 0.15) is 19.8 Å². The van der Waals surface area contributed by atoms with E-state index in [4.69, 9.17) is 10.8 Å². The van der Waals surface area contributed by atoms with Crippen molar-refractivity contribution in [3.05, 3.63) is 30.3 Å². The normalized spacial score (nSPS) is 7.79. The van der Waals surface area contributed by atoms with Gasteiger partial charge in [0.2, 0.25) is 0 Å². The third kappa shape index (κ3) is 11.5. The first kappa shape index (κ1) is 15.9. The molecule has 1 aromatic carbocycles. The topological polar surface area (TPSA) is 63.3 Å². The second-order valence-corrected chi connectivity index (χ2v) is 2.48. The number of rotatable bonds is 2. The average molecular weight is 203 g/mol. The van der Waals surface area contributed by atoms with Crippen molar-refractivity contribution in [3.63, 3.8) is 0 Å². The molecular formula is C10H14NNaO2. The maximum Gasteiger partial charge on any atom is 1.00 e. The quantitative estimate of drug-likeness (QED) is 0.366. The summed E-state index contributed by atoms with van der Waals surface area (Å²) in [5.41, 5.74) is 6.13. The van der Waals surface area contributed by atoms with Crippen LogP contribution in [0.3, 0.4) is 0 Å². The van der Waals surface area contributed by atoms with Crippen molar-refractivity contribution in [2.24, 2.45) is 0 Å². The van der Waals surface area contributed by atoms with E-state index in [9.17, 15) is 4.79 Å². The summed E-state index contributed by atoms with van der Waals surface area (Å²) in [6, 6.07) is 10.0. The molecule has 14 heavy (non-hydrogen) atoms. The molecule has 4 heteroatoms. The Balaban J connectivity index is 0. The van der Waals surface area contributed by atoms with Gasteiger partial charge in [0.15, 0.2) is 0 Å². The first-order chi connectivity index (χ1) is 6.16. The van der Waals surface area contributed by atoms with Crippen molar-refractivity contribution in [2.75, 3.05) is 5.73 Å². The van der Waals surface area contributed by atoms with Gasteiger partial charge in [-0.15, -0.1) is 12.1 Å². The molecule has 0 atom stereocenters. The Morgan fingerprint density at radius 3 is 2.14 bits per heavy atom. The Morgan fingerprint density at radius 2 is 2.00 bits per heavy atom. The number of carbonyl (C=O) groups is 1. The van der Waals surface area contributed by atoms with Gasteiger partial charge in [0.05, 0.1) is 0 Å². The van der Waals surface area contributed by atoms with Crippen molar-refractivity contribution in [1.82, 2.24) is 0 Å². The summed E-state index contributed by atoms with van der Waals surface area (Å²) in [4.78, 5) is 9.60. The summed E-state index contributed by atoms with van der Waals surface area (Å²) >= 11 is 0. The maximum atomic E-state index is 9.60. The Kier molecular flexibility index (Phi) is 12.0.